The molecule has 216 valence electrons. The van der Waals surface area contributed by atoms with Crippen LogP contribution in [0.4, 0.5) is 4.39 Å². The highest BCUT2D eigenvalue weighted by atomic mass is 35.5. The van der Waals surface area contributed by atoms with Crippen LogP contribution in [0.2, 0.25) is 5.02 Å². The number of hydrogen-bond acceptors (Lipinski definition) is 5. The largest absolute Gasteiger partial charge is 0.486 e. The molecule has 0 radical (unpaired) electrons. The third kappa shape index (κ3) is 4.88. The molecule has 2 aromatic carbocycles. The summed E-state index contributed by atoms with van der Waals surface area (Å²) in [7, 11) is 1.60. The Morgan fingerprint density at radius 3 is 2.71 bits per heavy atom. The molecule has 3 aromatic rings. The second-order valence-corrected chi connectivity index (χ2v) is 12.8. The van der Waals surface area contributed by atoms with Crippen LogP contribution in [0.5, 0.6) is 11.6 Å². The number of ether oxygens (including phenoxy) is 3. The number of rotatable bonds is 8. The third-order valence-electron chi connectivity index (χ3n) is 9.61. The first kappa shape index (κ1) is 28.0. The van der Waals surface area contributed by atoms with E-state index >= 15 is 4.39 Å². The van der Waals surface area contributed by atoms with E-state index in [0.29, 0.717) is 41.1 Å². The number of aromatic nitrogens is 1. The summed E-state index contributed by atoms with van der Waals surface area (Å²) in [5.41, 5.74) is 5.12. The number of esters is 1. The molecule has 2 saturated carbocycles. The summed E-state index contributed by atoms with van der Waals surface area (Å²) >= 11 is 6.64. The lowest BCUT2D eigenvalue weighted by Crippen LogP contribution is -2.17. The SMILES string of the molecule is CCOC(=O)[C@H]1C[C@@]12CCc1ccc(OCc3ccc(-c4nc(OC)ccc4Cl)c([C@@H]4CCCC4(C)C)c3)c(F)c12. The van der Waals surface area contributed by atoms with Gasteiger partial charge in [0, 0.05) is 22.6 Å². The van der Waals surface area contributed by atoms with Gasteiger partial charge < -0.3 is 14.2 Å². The van der Waals surface area contributed by atoms with E-state index in [2.05, 4.69) is 26.0 Å². The van der Waals surface area contributed by atoms with Crippen molar-refractivity contribution in [3.05, 3.63) is 75.6 Å². The van der Waals surface area contributed by atoms with Gasteiger partial charge in [0.1, 0.15) is 6.61 Å². The van der Waals surface area contributed by atoms with E-state index in [4.69, 9.17) is 30.8 Å². The van der Waals surface area contributed by atoms with Gasteiger partial charge in [0.25, 0.3) is 0 Å². The molecule has 0 aliphatic heterocycles. The Bertz CT molecular complexity index is 1500. The molecular weight excluding hydrogens is 541 g/mol. The molecule has 5 nitrogen and oxygen atoms in total. The summed E-state index contributed by atoms with van der Waals surface area (Å²) in [5.74, 6) is 0.234. The Morgan fingerprint density at radius 2 is 1.98 bits per heavy atom. The van der Waals surface area contributed by atoms with Gasteiger partial charge in [-0.05, 0) is 79.2 Å². The molecular formula is C34H37ClFNO4. The minimum absolute atomic E-state index is 0.125. The average Bonchev–Trinajstić information content (AvgIpc) is 3.40. The second kappa shape index (κ2) is 10.6. The van der Waals surface area contributed by atoms with Crippen LogP contribution in [0.1, 0.15) is 81.0 Å². The number of carbonyl (C=O) groups is 1. The number of nitrogens with zero attached hydrogens (tertiary/aromatic N) is 1. The predicted molar refractivity (Wildman–Crippen MR) is 157 cm³/mol. The summed E-state index contributed by atoms with van der Waals surface area (Å²) in [6.45, 7) is 6.99. The molecule has 0 unspecified atom stereocenters. The molecule has 41 heavy (non-hydrogen) atoms. The number of hydrogen-bond donors (Lipinski definition) is 0. The number of benzene rings is 2. The topological polar surface area (TPSA) is 57.7 Å². The van der Waals surface area contributed by atoms with Gasteiger partial charge in [-0.3, -0.25) is 4.79 Å². The quantitative estimate of drug-likeness (QED) is 0.253. The molecule has 0 N–H and O–H groups in total. The van der Waals surface area contributed by atoms with E-state index in [0.717, 1.165) is 48.8 Å². The smallest absolute Gasteiger partial charge is 0.309 e. The number of carbonyl (C=O) groups excluding carboxylic acids is 1. The summed E-state index contributed by atoms with van der Waals surface area (Å²) in [5, 5.41) is 0.571. The van der Waals surface area contributed by atoms with Crippen molar-refractivity contribution in [1.82, 2.24) is 4.98 Å². The lowest BCUT2D eigenvalue weighted by atomic mass is 9.75. The Morgan fingerprint density at radius 1 is 1.15 bits per heavy atom. The minimum atomic E-state index is -0.447. The fraction of sp³-hybridized carbons (Fsp3) is 0.471. The lowest BCUT2D eigenvalue weighted by molar-refractivity contribution is -0.145. The van der Waals surface area contributed by atoms with Gasteiger partial charge in [-0.15, -0.1) is 0 Å². The Kier molecular flexibility index (Phi) is 7.25. The van der Waals surface area contributed by atoms with E-state index in [1.54, 1.807) is 26.2 Å². The van der Waals surface area contributed by atoms with Crippen molar-refractivity contribution in [2.45, 2.75) is 77.2 Å². The third-order valence-corrected chi connectivity index (χ3v) is 9.91. The molecule has 0 amide bonds. The molecule has 1 aromatic heterocycles. The molecule has 3 atom stereocenters. The highest BCUT2D eigenvalue weighted by molar-refractivity contribution is 6.33. The molecule has 2 fully saturated rings. The number of aryl methyl sites for hydroxylation is 1. The Balaban J connectivity index is 1.30. The van der Waals surface area contributed by atoms with E-state index in [1.165, 1.54) is 5.56 Å². The first-order valence-corrected chi connectivity index (χ1v) is 15.0. The molecule has 6 rings (SSSR count). The average molecular weight is 578 g/mol. The molecule has 1 heterocycles. The first-order chi connectivity index (χ1) is 19.7. The highest BCUT2D eigenvalue weighted by Crippen LogP contribution is 2.63. The van der Waals surface area contributed by atoms with Crippen molar-refractivity contribution in [2.24, 2.45) is 11.3 Å². The lowest BCUT2D eigenvalue weighted by Gasteiger charge is -2.29. The van der Waals surface area contributed by atoms with Gasteiger partial charge >= 0.3 is 5.97 Å². The highest BCUT2D eigenvalue weighted by Gasteiger charge is 2.63. The summed E-state index contributed by atoms with van der Waals surface area (Å²) in [4.78, 5) is 17.2. The van der Waals surface area contributed by atoms with E-state index in [-0.39, 0.29) is 35.5 Å². The van der Waals surface area contributed by atoms with Crippen LogP contribution in [0.3, 0.4) is 0 Å². The molecule has 3 aliphatic carbocycles. The predicted octanol–water partition coefficient (Wildman–Crippen LogP) is 8.19. The second-order valence-electron chi connectivity index (χ2n) is 12.4. The van der Waals surface area contributed by atoms with E-state index in [1.807, 2.05) is 18.2 Å². The number of halogens is 2. The van der Waals surface area contributed by atoms with Gasteiger partial charge in [-0.1, -0.05) is 56.1 Å². The van der Waals surface area contributed by atoms with Crippen LogP contribution >= 0.6 is 11.6 Å². The van der Waals surface area contributed by atoms with Gasteiger partial charge in [0.2, 0.25) is 5.88 Å². The van der Waals surface area contributed by atoms with Crippen LogP contribution in [0, 0.1) is 17.2 Å². The fourth-order valence-electron chi connectivity index (χ4n) is 7.34. The molecule has 0 bridgehead atoms. The van der Waals surface area contributed by atoms with Crippen molar-refractivity contribution < 1.29 is 23.4 Å². The van der Waals surface area contributed by atoms with Gasteiger partial charge in [-0.25, -0.2) is 9.37 Å². The van der Waals surface area contributed by atoms with Gasteiger partial charge in [0.15, 0.2) is 11.6 Å². The van der Waals surface area contributed by atoms with Crippen LogP contribution in [0.15, 0.2) is 42.5 Å². The van der Waals surface area contributed by atoms with Crippen LogP contribution in [0.25, 0.3) is 11.3 Å². The normalized spacial score (nSPS) is 23.9. The molecule has 0 saturated heterocycles. The summed E-state index contributed by atoms with van der Waals surface area (Å²) < 4.78 is 32.7. The van der Waals surface area contributed by atoms with Crippen molar-refractivity contribution in [1.29, 1.82) is 0 Å². The van der Waals surface area contributed by atoms with Gasteiger partial charge in [0.05, 0.1) is 30.4 Å². The summed E-state index contributed by atoms with van der Waals surface area (Å²) in [6, 6.07) is 13.5. The standard InChI is InChI=1S/C34H37ClFNO4/c1-5-40-32(38)25-18-34(25)16-14-21-9-12-27(30(36)29(21)34)41-19-20-8-10-22(31-26(35)11-13-28(37-31)39-4)23(17-20)24-7-6-15-33(24,2)3/h8-13,17,24-25H,5-7,14-16,18-19H2,1-4H3/t24-,25+,34-/m0/s1. The van der Waals surface area contributed by atoms with Crippen molar-refractivity contribution >= 4 is 17.6 Å². The maximum atomic E-state index is 16.0. The summed E-state index contributed by atoms with van der Waals surface area (Å²) in [6.07, 6.45) is 5.56. The number of methoxy groups -OCH3 is 1. The van der Waals surface area contributed by atoms with Crippen molar-refractivity contribution in [2.75, 3.05) is 13.7 Å². The van der Waals surface area contributed by atoms with Gasteiger partial charge in [-0.2, -0.15) is 0 Å². The Hall–Kier alpha value is -3.12. The van der Waals surface area contributed by atoms with Crippen molar-refractivity contribution in [3.8, 4) is 22.9 Å². The number of pyridine rings is 1. The fourth-order valence-corrected chi connectivity index (χ4v) is 7.55. The maximum absolute atomic E-state index is 16.0. The van der Waals surface area contributed by atoms with E-state index in [9.17, 15) is 4.79 Å². The maximum Gasteiger partial charge on any atom is 0.309 e. The van der Waals surface area contributed by atoms with E-state index < -0.39 is 5.41 Å². The van der Waals surface area contributed by atoms with Crippen molar-refractivity contribution in [3.63, 3.8) is 0 Å². The zero-order chi connectivity index (χ0) is 28.9. The van der Waals surface area contributed by atoms with Crippen LogP contribution in [-0.2, 0) is 28.0 Å². The monoisotopic (exact) mass is 577 g/mol. The van der Waals surface area contributed by atoms with Crippen LogP contribution < -0.4 is 9.47 Å². The molecule has 3 aliphatic rings. The minimum Gasteiger partial charge on any atom is -0.486 e. The Labute approximate surface area is 246 Å². The zero-order valence-corrected chi connectivity index (χ0v) is 24.9. The molecule has 1 spiro atoms. The molecule has 7 heteroatoms. The number of fused-ring (bicyclic) bond motifs is 2. The first-order valence-electron chi connectivity index (χ1n) is 14.6. The zero-order valence-electron chi connectivity index (χ0n) is 24.2. The van der Waals surface area contributed by atoms with Crippen LogP contribution in [-0.4, -0.2) is 24.7 Å².